The van der Waals surface area contributed by atoms with Crippen LogP contribution in [-0.2, 0) is 4.79 Å². The van der Waals surface area contributed by atoms with Crippen LogP contribution in [0.25, 0.3) is 0 Å². The van der Waals surface area contributed by atoms with E-state index in [1.165, 1.54) is 12.1 Å². The minimum atomic E-state index is -1.18. The third kappa shape index (κ3) is 4.67. The SMILES string of the molecule is Nc1ccc(C(=O)NC(CCC(=O)c2ccccc2)C(=O)O)cc1. The fourth-order valence-electron chi connectivity index (χ4n) is 2.18. The van der Waals surface area contributed by atoms with Gasteiger partial charge < -0.3 is 16.2 Å². The van der Waals surface area contributed by atoms with Crippen LogP contribution in [0.4, 0.5) is 5.69 Å². The Labute approximate surface area is 139 Å². The van der Waals surface area contributed by atoms with E-state index in [0.29, 0.717) is 16.8 Å². The smallest absolute Gasteiger partial charge is 0.326 e. The number of hydrogen-bond donors (Lipinski definition) is 3. The average Bonchev–Trinajstić information content (AvgIpc) is 2.59. The first-order chi connectivity index (χ1) is 11.5. The van der Waals surface area contributed by atoms with Gasteiger partial charge in [-0.05, 0) is 30.7 Å². The number of nitrogens with one attached hydrogen (secondary N) is 1. The molecule has 4 N–H and O–H groups in total. The van der Waals surface area contributed by atoms with Crippen molar-refractivity contribution in [3.8, 4) is 0 Å². The second-order valence-electron chi connectivity index (χ2n) is 5.31. The number of nitrogen functional groups attached to an aromatic ring is 1. The maximum Gasteiger partial charge on any atom is 0.326 e. The van der Waals surface area contributed by atoms with Crippen molar-refractivity contribution in [2.24, 2.45) is 0 Å². The minimum Gasteiger partial charge on any atom is -0.480 e. The highest BCUT2D eigenvalue weighted by Crippen LogP contribution is 2.09. The molecule has 2 aromatic rings. The summed E-state index contributed by atoms with van der Waals surface area (Å²) in [6.07, 6.45) is 0.0484. The summed E-state index contributed by atoms with van der Waals surface area (Å²) in [6.45, 7) is 0. The van der Waals surface area contributed by atoms with Gasteiger partial charge in [0.05, 0.1) is 0 Å². The van der Waals surface area contributed by atoms with E-state index in [9.17, 15) is 19.5 Å². The molecule has 6 heteroatoms. The van der Waals surface area contributed by atoms with Gasteiger partial charge in [0, 0.05) is 23.2 Å². The lowest BCUT2D eigenvalue weighted by molar-refractivity contribution is -0.139. The molecule has 0 bridgehead atoms. The lowest BCUT2D eigenvalue weighted by Gasteiger charge is -2.14. The molecule has 1 atom stereocenters. The van der Waals surface area contributed by atoms with Crippen LogP contribution < -0.4 is 11.1 Å². The predicted molar refractivity (Wildman–Crippen MR) is 89.8 cm³/mol. The van der Waals surface area contributed by atoms with Gasteiger partial charge in [-0.1, -0.05) is 30.3 Å². The Kier molecular flexibility index (Phi) is 5.68. The number of aliphatic carboxylic acids is 1. The van der Waals surface area contributed by atoms with Gasteiger partial charge in [-0.15, -0.1) is 0 Å². The number of carbonyl (C=O) groups is 3. The standard InChI is InChI=1S/C18H18N2O4/c19-14-8-6-13(7-9-14)17(22)20-15(18(23)24)10-11-16(21)12-4-2-1-3-5-12/h1-9,15H,10-11,19H2,(H,20,22)(H,23,24). The number of carboxylic acids is 1. The molecule has 0 spiro atoms. The first kappa shape index (κ1) is 17.2. The molecule has 0 aromatic heterocycles. The molecule has 1 amide bonds. The van der Waals surface area contributed by atoms with Crippen LogP contribution in [0.5, 0.6) is 0 Å². The summed E-state index contributed by atoms with van der Waals surface area (Å²) in [5.74, 6) is -1.86. The molecule has 0 heterocycles. The molecule has 0 aliphatic rings. The number of amides is 1. The van der Waals surface area contributed by atoms with E-state index in [-0.39, 0.29) is 18.6 Å². The number of hydrogen-bond acceptors (Lipinski definition) is 4. The molecular formula is C18H18N2O4. The summed E-state index contributed by atoms with van der Waals surface area (Å²) in [7, 11) is 0. The fourth-order valence-corrected chi connectivity index (χ4v) is 2.18. The fraction of sp³-hybridized carbons (Fsp3) is 0.167. The highest BCUT2D eigenvalue weighted by atomic mass is 16.4. The lowest BCUT2D eigenvalue weighted by atomic mass is 10.0. The lowest BCUT2D eigenvalue weighted by Crippen LogP contribution is -2.41. The maximum absolute atomic E-state index is 12.1. The quantitative estimate of drug-likeness (QED) is 0.533. The minimum absolute atomic E-state index is 0.0176. The van der Waals surface area contributed by atoms with Gasteiger partial charge >= 0.3 is 5.97 Å². The molecule has 6 nitrogen and oxygen atoms in total. The van der Waals surface area contributed by atoms with Gasteiger partial charge in [-0.3, -0.25) is 9.59 Å². The Morgan fingerprint density at radius 1 is 0.958 bits per heavy atom. The first-order valence-corrected chi connectivity index (χ1v) is 7.45. The molecule has 0 saturated heterocycles. The monoisotopic (exact) mass is 326 g/mol. The van der Waals surface area contributed by atoms with Crippen molar-refractivity contribution in [2.75, 3.05) is 5.73 Å². The first-order valence-electron chi connectivity index (χ1n) is 7.45. The average molecular weight is 326 g/mol. The molecule has 0 radical (unpaired) electrons. The van der Waals surface area contributed by atoms with Crippen molar-refractivity contribution in [1.82, 2.24) is 5.32 Å². The Morgan fingerprint density at radius 2 is 1.58 bits per heavy atom. The zero-order chi connectivity index (χ0) is 17.5. The van der Waals surface area contributed by atoms with Crippen LogP contribution in [0.15, 0.2) is 54.6 Å². The number of carbonyl (C=O) groups excluding carboxylic acids is 2. The van der Waals surface area contributed by atoms with Crippen LogP contribution in [0.2, 0.25) is 0 Å². The Bertz CT molecular complexity index is 726. The highest BCUT2D eigenvalue weighted by Gasteiger charge is 2.22. The molecule has 124 valence electrons. The van der Waals surface area contributed by atoms with Crippen molar-refractivity contribution in [3.63, 3.8) is 0 Å². The van der Waals surface area contributed by atoms with Crippen molar-refractivity contribution < 1.29 is 19.5 Å². The molecule has 1 unspecified atom stereocenters. The molecule has 0 saturated carbocycles. The molecule has 2 rings (SSSR count). The molecule has 0 fully saturated rings. The third-order valence-electron chi connectivity index (χ3n) is 3.53. The summed E-state index contributed by atoms with van der Waals surface area (Å²) in [6, 6.07) is 13.6. The summed E-state index contributed by atoms with van der Waals surface area (Å²) >= 11 is 0. The van der Waals surface area contributed by atoms with E-state index < -0.39 is 17.9 Å². The van der Waals surface area contributed by atoms with Gasteiger partial charge in [0.25, 0.3) is 5.91 Å². The van der Waals surface area contributed by atoms with E-state index in [1.807, 2.05) is 0 Å². The summed E-state index contributed by atoms with van der Waals surface area (Å²) < 4.78 is 0. The molecular weight excluding hydrogens is 308 g/mol. The van der Waals surface area contributed by atoms with Gasteiger partial charge in [-0.2, -0.15) is 0 Å². The second-order valence-corrected chi connectivity index (χ2v) is 5.31. The van der Waals surface area contributed by atoms with Crippen LogP contribution in [0.1, 0.15) is 33.6 Å². The molecule has 0 aliphatic heterocycles. The zero-order valence-corrected chi connectivity index (χ0v) is 12.9. The Morgan fingerprint density at radius 3 is 2.17 bits per heavy atom. The van der Waals surface area contributed by atoms with Crippen LogP contribution in [0, 0.1) is 0 Å². The molecule has 2 aromatic carbocycles. The zero-order valence-electron chi connectivity index (χ0n) is 12.9. The van der Waals surface area contributed by atoms with Crippen LogP contribution >= 0.6 is 0 Å². The highest BCUT2D eigenvalue weighted by molar-refractivity contribution is 5.98. The number of nitrogens with two attached hydrogens (primary N) is 1. The summed E-state index contributed by atoms with van der Waals surface area (Å²) in [5, 5.41) is 11.7. The normalized spacial score (nSPS) is 11.5. The van der Waals surface area contributed by atoms with E-state index in [1.54, 1.807) is 42.5 Å². The van der Waals surface area contributed by atoms with Gasteiger partial charge in [0.2, 0.25) is 0 Å². The topological polar surface area (TPSA) is 109 Å². The van der Waals surface area contributed by atoms with Crippen molar-refractivity contribution in [1.29, 1.82) is 0 Å². The number of Topliss-reactive ketones (excluding diaryl/α,β-unsaturated/α-hetero) is 1. The third-order valence-corrected chi connectivity index (χ3v) is 3.53. The van der Waals surface area contributed by atoms with Crippen molar-refractivity contribution in [3.05, 3.63) is 65.7 Å². The maximum atomic E-state index is 12.1. The van der Waals surface area contributed by atoms with E-state index in [0.717, 1.165) is 0 Å². The Hall–Kier alpha value is -3.15. The number of anilines is 1. The van der Waals surface area contributed by atoms with Crippen LogP contribution in [0.3, 0.4) is 0 Å². The summed E-state index contributed by atoms with van der Waals surface area (Å²) in [5.41, 5.74) is 6.89. The van der Waals surface area contributed by atoms with Crippen molar-refractivity contribution in [2.45, 2.75) is 18.9 Å². The van der Waals surface area contributed by atoms with Crippen molar-refractivity contribution >= 4 is 23.3 Å². The number of carboxylic acid groups (broad SMARTS) is 1. The molecule has 0 aliphatic carbocycles. The van der Waals surface area contributed by atoms with E-state index in [2.05, 4.69) is 5.32 Å². The number of rotatable bonds is 7. The second kappa shape index (κ2) is 7.92. The van der Waals surface area contributed by atoms with Gasteiger partial charge in [-0.25, -0.2) is 4.79 Å². The van der Waals surface area contributed by atoms with E-state index >= 15 is 0 Å². The van der Waals surface area contributed by atoms with Gasteiger partial charge in [0.15, 0.2) is 5.78 Å². The predicted octanol–water partition coefficient (Wildman–Crippen LogP) is 2.11. The Balaban J connectivity index is 1.97. The van der Waals surface area contributed by atoms with E-state index in [4.69, 9.17) is 5.73 Å². The summed E-state index contributed by atoms with van der Waals surface area (Å²) in [4.78, 5) is 35.5. The number of ketones is 1. The largest absolute Gasteiger partial charge is 0.480 e. The van der Waals surface area contributed by atoms with Gasteiger partial charge in [0.1, 0.15) is 6.04 Å². The number of benzene rings is 2. The van der Waals surface area contributed by atoms with Crippen LogP contribution in [-0.4, -0.2) is 28.8 Å². The molecule has 24 heavy (non-hydrogen) atoms.